The van der Waals surface area contributed by atoms with E-state index in [9.17, 15) is 0 Å². The Morgan fingerprint density at radius 2 is 2.20 bits per heavy atom. The molecule has 0 amide bonds. The first-order chi connectivity index (χ1) is 7.07. The summed E-state index contributed by atoms with van der Waals surface area (Å²) < 4.78 is 1.99. The van der Waals surface area contributed by atoms with Gasteiger partial charge in [0, 0.05) is 12.7 Å². The summed E-state index contributed by atoms with van der Waals surface area (Å²) in [6, 6.07) is 0. The normalized spacial score (nSPS) is 12.0. The maximum absolute atomic E-state index is 4.30. The van der Waals surface area contributed by atoms with Crippen LogP contribution in [0, 0.1) is 5.41 Å². The molecule has 1 aromatic heterocycles. The fraction of sp³-hybridized carbons (Fsp3) is 0.750. The SMILES string of the molecule is CCn1cc(CC(C)(C)CCNC)cn1. The van der Waals surface area contributed by atoms with Crippen LogP contribution >= 0.6 is 0 Å². The summed E-state index contributed by atoms with van der Waals surface area (Å²) in [5.41, 5.74) is 1.70. The molecule has 0 saturated heterocycles. The molecule has 0 spiro atoms. The van der Waals surface area contributed by atoms with Crippen molar-refractivity contribution in [3.63, 3.8) is 0 Å². The summed E-state index contributed by atoms with van der Waals surface area (Å²) in [7, 11) is 2.01. The van der Waals surface area contributed by atoms with E-state index >= 15 is 0 Å². The van der Waals surface area contributed by atoms with Gasteiger partial charge in [0.2, 0.25) is 0 Å². The van der Waals surface area contributed by atoms with Crippen molar-refractivity contribution < 1.29 is 0 Å². The van der Waals surface area contributed by atoms with Crippen molar-refractivity contribution in [2.45, 2.75) is 40.2 Å². The quantitative estimate of drug-likeness (QED) is 0.777. The first-order valence-electron chi connectivity index (χ1n) is 5.73. The van der Waals surface area contributed by atoms with Crippen LogP contribution in [0.15, 0.2) is 12.4 Å². The van der Waals surface area contributed by atoms with E-state index in [0.717, 1.165) is 19.5 Å². The molecule has 1 heterocycles. The van der Waals surface area contributed by atoms with E-state index in [0.29, 0.717) is 5.41 Å². The third-order valence-corrected chi connectivity index (χ3v) is 2.75. The second-order valence-electron chi connectivity index (χ2n) is 4.90. The molecule has 0 unspecified atom stereocenters. The van der Waals surface area contributed by atoms with Crippen molar-refractivity contribution in [3.8, 4) is 0 Å². The average molecular weight is 209 g/mol. The van der Waals surface area contributed by atoms with Crippen LogP contribution < -0.4 is 5.32 Å². The van der Waals surface area contributed by atoms with Crippen molar-refractivity contribution in [3.05, 3.63) is 18.0 Å². The highest BCUT2D eigenvalue weighted by molar-refractivity contribution is 5.06. The van der Waals surface area contributed by atoms with Crippen LogP contribution in [0.3, 0.4) is 0 Å². The van der Waals surface area contributed by atoms with Crippen LogP contribution in [0.4, 0.5) is 0 Å². The zero-order valence-corrected chi connectivity index (χ0v) is 10.4. The number of aryl methyl sites for hydroxylation is 1. The highest BCUT2D eigenvalue weighted by atomic mass is 15.3. The fourth-order valence-electron chi connectivity index (χ4n) is 1.77. The van der Waals surface area contributed by atoms with Crippen LogP contribution in [0.25, 0.3) is 0 Å². The zero-order valence-electron chi connectivity index (χ0n) is 10.4. The van der Waals surface area contributed by atoms with Gasteiger partial charge in [-0.25, -0.2) is 0 Å². The third-order valence-electron chi connectivity index (χ3n) is 2.75. The van der Waals surface area contributed by atoms with Gasteiger partial charge in [0.05, 0.1) is 6.20 Å². The van der Waals surface area contributed by atoms with Crippen LogP contribution in [-0.4, -0.2) is 23.4 Å². The second-order valence-corrected chi connectivity index (χ2v) is 4.90. The van der Waals surface area contributed by atoms with E-state index in [2.05, 4.69) is 37.4 Å². The lowest BCUT2D eigenvalue weighted by Crippen LogP contribution is -2.21. The van der Waals surface area contributed by atoms with Gasteiger partial charge >= 0.3 is 0 Å². The number of rotatable bonds is 6. The van der Waals surface area contributed by atoms with Crippen LogP contribution in [-0.2, 0) is 13.0 Å². The molecular formula is C12H23N3. The summed E-state index contributed by atoms with van der Waals surface area (Å²) in [5.74, 6) is 0. The van der Waals surface area contributed by atoms with E-state index in [1.807, 2.05) is 17.9 Å². The van der Waals surface area contributed by atoms with Gasteiger partial charge in [-0.15, -0.1) is 0 Å². The first kappa shape index (κ1) is 12.2. The highest BCUT2D eigenvalue weighted by Crippen LogP contribution is 2.25. The summed E-state index contributed by atoms with van der Waals surface area (Å²) in [6.45, 7) is 8.77. The number of aromatic nitrogens is 2. The molecule has 0 atom stereocenters. The number of hydrogen-bond donors (Lipinski definition) is 1. The van der Waals surface area contributed by atoms with E-state index in [-0.39, 0.29) is 0 Å². The predicted molar refractivity (Wildman–Crippen MR) is 63.9 cm³/mol. The predicted octanol–water partition coefficient (Wildman–Crippen LogP) is 2.08. The first-order valence-corrected chi connectivity index (χ1v) is 5.73. The molecule has 0 aliphatic heterocycles. The zero-order chi connectivity index (χ0) is 11.3. The second kappa shape index (κ2) is 5.31. The Hall–Kier alpha value is -0.830. The Bertz CT molecular complexity index is 289. The maximum Gasteiger partial charge on any atom is 0.0521 e. The number of hydrogen-bond acceptors (Lipinski definition) is 2. The molecule has 86 valence electrons. The van der Waals surface area contributed by atoms with Gasteiger partial charge in [0.15, 0.2) is 0 Å². The minimum Gasteiger partial charge on any atom is -0.320 e. The van der Waals surface area contributed by atoms with E-state index in [1.54, 1.807) is 0 Å². The van der Waals surface area contributed by atoms with Crippen molar-refractivity contribution in [1.29, 1.82) is 0 Å². The molecule has 0 bridgehead atoms. The Morgan fingerprint density at radius 1 is 1.47 bits per heavy atom. The summed E-state index contributed by atoms with van der Waals surface area (Å²) in [6.07, 6.45) is 6.45. The van der Waals surface area contributed by atoms with Gasteiger partial charge < -0.3 is 5.32 Å². The molecule has 0 aromatic carbocycles. The van der Waals surface area contributed by atoms with Crippen molar-refractivity contribution >= 4 is 0 Å². The van der Waals surface area contributed by atoms with Crippen molar-refractivity contribution in [2.75, 3.05) is 13.6 Å². The highest BCUT2D eigenvalue weighted by Gasteiger charge is 2.18. The molecule has 15 heavy (non-hydrogen) atoms. The molecule has 0 aliphatic carbocycles. The summed E-state index contributed by atoms with van der Waals surface area (Å²) >= 11 is 0. The molecule has 0 saturated carbocycles. The Kier molecular flexibility index (Phi) is 4.33. The van der Waals surface area contributed by atoms with E-state index in [1.165, 1.54) is 12.0 Å². The van der Waals surface area contributed by atoms with E-state index < -0.39 is 0 Å². The average Bonchev–Trinajstić information content (AvgIpc) is 2.62. The minimum absolute atomic E-state index is 0.352. The fourth-order valence-corrected chi connectivity index (χ4v) is 1.77. The van der Waals surface area contributed by atoms with Gasteiger partial charge in [-0.1, -0.05) is 13.8 Å². The smallest absolute Gasteiger partial charge is 0.0521 e. The van der Waals surface area contributed by atoms with E-state index in [4.69, 9.17) is 0 Å². The van der Waals surface area contributed by atoms with Gasteiger partial charge in [-0.3, -0.25) is 4.68 Å². The van der Waals surface area contributed by atoms with Crippen molar-refractivity contribution in [1.82, 2.24) is 15.1 Å². The Morgan fingerprint density at radius 3 is 2.73 bits per heavy atom. The number of nitrogens with one attached hydrogen (secondary N) is 1. The standard InChI is InChI=1S/C12H23N3/c1-5-15-10-11(9-14-15)8-12(2,3)6-7-13-4/h9-10,13H,5-8H2,1-4H3. The molecule has 1 N–H and O–H groups in total. The van der Waals surface area contributed by atoms with Gasteiger partial charge in [-0.2, -0.15) is 5.10 Å². The van der Waals surface area contributed by atoms with Crippen LogP contribution in [0.2, 0.25) is 0 Å². The Balaban J connectivity index is 2.52. The molecule has 1 rings (SSSR count). The molecule has 3 nitrogen and oxygen atoms in total. The largest absolute Gasteiger partial charge is 0.320 e. The van der Waals surface area contributed by atoms with Gasteiger partial charge in [-0.05, 0) is 44.3 Å². The molecule has 3 heteroatoms. The van der Waals surface area contributed by atoms with Crippen LogP contribution in [0.1, 0.15) is 32.8 Å². The van der Waals surface area contributed by atoms with Crippen molar-refractivity contribution in [2.24, 2.45) is 5.41 Å². The summed E-state index contributed by atoms with van der Waals surface area (Å²) in [4.78, 5) is 0. The molecule has 0 fully saturated rings. The minimum atomic E-state index is 0.352. The lowest BCUT2D eigenvalue weighted by atomic mass is 9.83. The monoisotopic (exact) mass is 209 g/mol. The molecule has 0 radical (unpaired) electrons. The lowest BCUT2D eigenvalue weighted by molar-refractivity contribution is 0.329. The number of nitrogens with zero attached hydrogens (tertiary/aromatic N) is 2. The molecule has 1 aromatic rings. The topological polar surface area (TPSA) is 29.9 Å². The summed E-state index contributed by atoms with van der Waals surface area (Å²) in [5, 5.41) is 7.51. The molecular weight excluding hydrogens is 186 g/mol. The Labute approximate surface area is 92.9 Å². The lowest BCUT2D eigenvalue weighted by Gasteiger charge is -2.23. The third kappa shape index (κ3) is 4.04. The molecule has 0 aliphatic rings. The van der Waals surface area contributed by atoms with Crippen LogP contribution in [0.5, 0.6) is 0 Å². The van der Waals surface area contributed by atoms with Gasteiger partial charge in [0.1, 0.15) is 0 Å². The van der Waals surface area contributed by atoms with Gasteiger partial charge in [0.25, 0.3) is 0 Å². The maximum atomic E-state index is 4.30.